The number of anilines is 3. The van der Waals surface area contributed by atoms with Crippen LogP contribution in [0.1, 0.15) is 67.8 Å². The van der Waals surface area contributed by atoms with Crippen LogP contribution in [0.2, 0.25) is 0 Å². The molecule has 5 heterocycles. The summed E-state index contributed by atoms with van der Waals surface area (Å²) in [7, 11) is 1.48. The van der Waals surface area contributed by atoms with Crippen molar-refractivity contribution in [3.63, 3.8) is 0 Å². The molecule has 216 valence electrons. The molecule has 2 fully saturated rings. The molecule has 1 saturated carbocycles. The number of pyridine rings is 1. The number of urea groups is 1. The number of hydrogen-bond donors (Lipinski definition) is 2. The van der Waals surface area contributed by atoms with E-state index in [1.54, 1.807) is 12.3 Å². The van der Waals surface area contributed by atoms with Gasteiger partial charge in [0.1, 0.15) is 30.3 Å². The van der Waals surface area contributed by atoms with Crippen molar-refractivity contribution in [2.75, 3.05) is 29.1 Å². The van der Waals surface area contributed by atoms with E-state index in [0.717, 1.165) is 16.2 Å². The van der Waals surface area contributed by atoms with Crippen LogP contribution < -0.4 is 15.5 Å². The van der Waals surface area contributed by atoms with Gasteiger partial charge < -0.3 is 15.0 Å². The summed E-state index contributed by atoms with van der Waals surface area (Å²) in [5, 5.41) is 6.21. The van der Waals surface area contributed by atoms with Crippen LogP contribution in [0.5, 0.6) is 0 Å². The maximum absolute atomic E-state index is 12.9. The van der Waals surface area contributed by atoms with Crippen molar-refractivity contribution in [2.24, 2.45) is 5.92 Å². The number of imide groups is 1. The monoisotopic (exact) mass is 568 g/mol. The molecule has 6 rings (SSSR count). The van der Waals surface area contributed by atoms with Crippen LogP contribution in [-0.2, 0) is 9.59 Å². The summed E-state index contributed by atoms with van der Waals surface area (Å²) in [6.45, 7) is 7.96. The molecule has 1 saturated heterocycles. The van der Waals surface area contributed by atoms with Crippen LogP contribution in [0.3, 0.4) is 0 Å². The maximum Gasteiger partial charge on any atom is 0.331 e. The molecule has 0 bridgehead atoms. The normalized spacial score (nSPS) is 19.1. The molecule has 2 aliphatic rings. The van der Waals surface area contributed by atoms with Crippen LogP contribution in [0.25, 0.3) is 5.65 Å². The number of hydrogen-bond acceptors (Lipinski definition) is 9. The minimum atomic E-state index is -0.377. The summed E-state index contributed by atoms with van der Waals surface area (Å²) in [6, 6.07) is 4.79. The van der Waals surface area contributed by atoms with Gasteiger partial charge in [-0.05, 0) is 43.9 Å². The molecule has 0 spiro atoms. The van der Waals surface area contributed by atoms with Crippen molar-refractivity contribution in [1.29, 1.82) is 0 Å². The third-order valence-electron chi connectivity index (χ3n) is 7.71. The van der Waals surface area contributed by atoms with Crippen LogP contribution in [0, 0.1) is 12.8 Å². The molecular formula is C29H32N10O3. The Hall–Kier alpha value is -4.94. The van der Waals surface area contributed by atoms with E-state index in [0.29, 0.717) is 40.9 Å². The third kappa shape index (κ3) is 5.13. The quantitative estimate of drug-likeness (QED) is 0.304. The Kier molecular flexibility index (Phi) is 6.79. The van der Waals surface area contributed by atoms with Gasteiger partial charge in [-0.1, -0.05) is 13.8 Å². The number of carbonyl (C=O) groups excluding carboxylic acids is 3. The first-order valence-electron chi connectivity index (χ1n) is 13.9. The lowest BCUT2D eigenvalue weighted by Crippen LogP contribution is -2.30. The van der Waals surface area contributed by atoms with Crippen LogP contribution in [0.4, 0.5) is 22.1 Å². The molecule has 42 heavy (non-hydrogen) atoms. The number of nitrogens with one attached hydrogen (secondary N) is 2. The van der Waals surface area contributed by atoms with Crippen molar-refractivity contribution >= 4 is 40.8 Å². The zero-order valence-electron chi connectivity index (χ0n) is 24.1. The molecule has 13 nitrogen and oxygen atoms in total. The Morgan fingerprint density at radius 1 is 1.05 bits per heavy atom. The van der Waals surface area contributed by atoms with Crippen molar-refractivity contribution in [2.45, 2.75) is 52.0 Å². The number of aryl methyl sites for hydroxylation is 1. The summed E-state index contributed by atoms with van der Waals surface area (Å²) in [5.74, 6) is 1.22. The second kappa shape index (κ2) is 10.5. The molecule has 0 aromatic carbocycles. The fourth-order valence-corrected chi connectivity index (χ4v) is 5.07. The average Bonchev–Trinajstić information content (AvgIpc) is 3.58. The van der Waals surface area contributed by atoms with Gasteiger partial charge in [-0.15, -0.1) is 0 Å². The number of amides is 4. The van der Waals surface area contributed by atoms with E-state index in [1.807, 2.05) is 42.8 Å². The second-order valence-corrected chi connectivity index (χ2v) is 11.2. The molecule has 4 aromatic rings. The number of rotatable bonds is 8. The smallest absolute Gasteiger partial charge is 0.331 e. The predicted octanol–water partition coefficient (Wildman–Crippen LogP) is 3.66. The Labute approximate surface area is 242 Å². The lowest BCUT2D eigenvalue weighted by atomic mass is 10.1. The van der Waals surface area contributed by atoms with Gasteiger partial charge in [0.15, 0.2) is 5.65 Å². The highest BCUT2D eigenvalue weighted by molar-refractivity contribution is 6.13. The molecule has 0 radical (unpaired) electrons. The molecule has 2 N–H and O–H groups in total. The van der Waals surface area contributed by atoms with Crippen molar-refractivity contribution in [3.8, 4) is 0 Å². The lowest BCUT2D eigenvalue weighted by Gasteiger charge is -2.18. The minimum Gasteiger partial charge on any atom is -0.362 e. The lowest BCUT2D eigenvalue weighted by molar-refractivity contribution is -0.124. The average molecular weight is 569 g/mol. The molecule has 13 heteroatoms. The van der Waals surface area contributed by atoms with Crippen LogP contribution >= 0.6 is 0 Å². The topological polar surface area (TPSA) is 151 Å². The van der Waals surface area contributed by atoms with Gasteiger partial charge in [0.2, 0.25) is 11.8 Å². The van der Waals surface area contributed by atoms with Gasteiger partial charge >= 0.3 is 6.03 Å². The first-order chi connectivity index (χ1) is 20.1. The largest absolute Gasteiger partial charge is 0.362 e. The van der Waals surface area contributed by atoms with E-state index in [4.69, 9.17) is 4.98 Å². The highest BCUT2D eigenvalue weighted by atomic mass is 16.2. The van der Waals surface area contributed by atoms with Gasteiger partial charge in [0.05, 0.1) is 17.4 Å². The SMILES string of the molecule is Cc1ccnc([C@H]2C[C@@H]2C(=O)Nc2cc(N[C@H](C)c3cn4cc(C(C)C)cc(N5CC(=O)N(C)C5=O)c4n3)ncn2)n1. The fourth-order valence-electron chi connectivity index (χ4n) is 5.07. The maximum atomic E-state index is 12.9. The van der Waals surface area contributed by atoms with Crippen molar-refractivity contribution in [1.82, 2.24) is 34.2 Å². The fraction of sp³-hybridized carbons (Fsp3) is 0.379. The number of nitrogens with zero attached hydrogens (tertiary/aromatic N) is 8. The zero-order chi connectivity index (χ0) is 29.7. The minimum absolute atomic E-state index is 0.00915. The summed E-state index contributed by atoms with van der Waals surface area (Å²) in [5.41, 5.74) is 3.77. The Balaban J connectivity index is 1.19. The van der Waals surface area contributed by atoms with E-state index in [2.05, 4.69) is 44.4 Å². The first kappa shape index (κ1) is 27.2. The molecule has 1 aliphatic carbocycles. The van der Waals surface area contributed by atoms with Crippen molar-refractivity contribution < 1.29 is 14.4 Å². The third-order valence-corrected chi connectivity index (χ3v) is 7.71. The van der Waals surface area contributed by atoms with E-state index in [1.165, 1.54) is 18.3 Å². The summed E-state index contributed by atoms with van der Waals surface area (Å²) < 4.78 is 1.89. The highest BCUT2D eigenvalue weighted by Gasteiger charge is 2.46. The Morgan fingerprint density at radius 3 is 2.55 bits per heavy atom. The van der Waals surface area contributed by atoms with Gasteiger partial charge in [-0.25, -0.2) is 29.7 Å². The van der Waals surface area contributed by atoms with Crippen LogP contribution in [-0.4, -0.2) is 65.7 Å². The number of aromatic nitrogens is 6. The standard InChI is InChI=1S/C29H32N10O3/c1-15(2)18-8-22(39-13-25(40)37(5)29(39)42)27-35-21(12-38(27)11-18)17(4)34-23-10-24(32-14-31-23)36-28(41)20-9-19(20)26-30-7-6-16(3)33-26/h6-8,10-12,14-15,17,19-20H,9,13H2,1-5H3,(H2,31,32,34,36,41)/t17-,19+,20+/m1/s1. The summed E-state index contributed by atoms with van der Waals surface area (Å²) in [6.07, 6.45) is 7.70. The van der Waals surface area contributed by atoms with Gasteiger partial charge in [-0.3, -0.25) is 19.4 Å². The molecule has 1 aliphatic heterocycles. The number of imidazole rings is 1. The zero-order valence-corrected chi connectivity index (χ0v) is 24.1. The second-order valence-electron chi connectivity index (χ2n) is 11.2. The molecule has 4 amide bonds. The first-order valence-corrected chi connectivity index (χ1v) is 13.9. The van der Waals surface area contributed by atoms with E-state index < -0.39 is 0 Å². The Bertz CT molecular complexity index is 1720. The summed E-state index contributed by atoms with van der Waals surface area (Å²) >= 11 is 0. The van der Waals surface area contributed by atoms with Crippen molar-refractivity contribution in [3.05, 3.63) is 65.9 Å². The number of fused-ring (bicyclic) bond motifs is 1. The molecule has 0 unspecified atom stereocenters. The number of likely N-dealkylation sites (N-methyl/N-ethyl adjacent to an activating group) is 1. The van der Waals surface area contributed by atoms with Gasteiger partial charge in [-0.2, -0.15) is 0 Å². The van der Waals surface area contributed by atoms with Crippen LogP contribution in [0.15, 0.2) is 43.1 Å². The molecule has 3 atom stereocenters. The van der Waals surface area contributed by atoms with E-state index in [9.17, 15) is 14.4 Å². The van der Waals surface area contributed by atoms with Gasteiger partial charge in [0.25, 0.3) is 0 Å². The predicted molar refractivity (Wildman–Crippen MR) is 155 cm³/mol. The Morgan fingerprint density at radius 2 is 1.83 bits per heavy atom. The summed E-state index contributed by atoms with van der Waals surface area (Å²) in [4.78, 5) is 62.6. The van der Waals surface area contributed by atoms with E-state index >= 15 is 0 Å². The number of carbonyl (C=O) groups is 3. The van der Waals surface area contributed by atoms with Gasteiger partial charge in [0, 0.05) is 49.2 Å². The molecule has 4 aromatic heterocycles. The highest BCUT2D eigenvalue weighted by Crippen LogP contribution is 2.46. The van der Waals surface area contributed by atoms with E-state index in [-0.39, 0.29) is 48.2 Å². The molecular weight excluding hydrogens is 536 g/mol.